The molecule has 0 spiro atoms. The molecule has 0 amide bonds. The van der Waals surface area contributed by atoms with Crippen LogP contribution in [0, 0.1) is 0 Å². The van der Waals surface area contributed by atoms with Crippen molar-refractivity contribution in [2.45, 2.75) is 52.6 Å². The molecule has 0 bridgehead atoms. The van der Waals surface area contributed by atoms with E-state index in [1.54, 1.807) is 0 Å². The minimum Gasteiger partial charge on any atom is -0.380 e. The highest BCUT2D eigenvalue weighted by Gasteiger charge is 2.23. The Morgan fingerprint density at radius 3 is 1.89 bits per heavy atom. The SMILES string of the molecule is CC(C)(C)N=C(c1ccccc1)N([Si])C(C)(C)C. The van der Waals surface area contributed by atoms with E-state index in [0.29, 0.717) is 0 Å². The molecule has 0 N–H and O–H groups in total. The lowest BCUT2D eigenvalue weighted by molar-refractivity contribution is 0.362. The third kappa shape index (κ3) is 4.30. The zero-order valence-corrected chi connectivity index (χ0v) is 13.3. The summed E-state index contributed by atoms with van der Waals surface area (Å²) in [6.07, 6.45) is 0. The van der Waals surface area contributed by atoms with Gasteiger partial charge in [0.15, 0.2) is 10.4 Å². The van der Waals surface area contributed by atoms with Gasteiger partial charge in [-0.15, -0.1) is 0 Å². The standard InChI is InChI=1S/C15H23N2Si/c1-14(2,3)16-13(17(18)15(4,5)6)12-10-8-7-9-11-12/h7-11H,1-6H3. The van der Waals surface area contributed by atoms with Crippen molar-refractivity contribution in [3.63, 3.8) is 0 Å². The van der Waals surface area contributed by atoms with Crippen molar-refractivity contribution in [1.82, 2.24) is 4.57 Å². The number of hydrogen-bond acceptors (Lipinski definition) is 1. The Hall–Kier alpha value is -1.09. The van der Waals surface area contributed by atoms with Crippen molar-refractivity contribution in [2.75, 3.05) is 0 Å². The van der Waals surface area contributed by atoms with E-state index in [2.05, 4.69) is 64.1 Å². The Bertz CT molecular complexity index is 410. The third-order valence-corrected chi connectivity index (χ3v) is 3.24. The summed E-state index contributed by atoms with van der Waals surface area (Å²) in [4.78, 5) is 4.84. The van der Waals surface area contributed by atoms with E-state index in [0.717, 1.165) is 11.4 Å². The zero-order valence-electron chi connectivity index (χ0n) is 12.3. The fourth-order valence-electron chi connectivity index (χ4n) is 1.47. The van der Waals surface area contributed by atoms with Crippen LogP contribution < -0.4 is 0 Å². The number of benzene rings is 1. The van der Waals surface area contributed by atoms with Gasteiger partial charge in [-0.25, -0.2) is 0 Å². The maximum atomic E-state index is 4.84. The summed E-state index contributed by atoms with van der Waals surface area (Å²) >= 11 is 0. The van der Waals surface area contributed by atoms with Crippen molar-refractivity contribution in [2.24, 2.45) is 4.99 Å². The van der Waals surface area contributed by atoms with Crippen LogP contribution in [0.5, 0.6) is 0 Å². The minimum absolute atomic E-state index is 0.0309. The summed E-state index contributed by atoms with van der Waals surface area (Å²) < 4.78 is 2.05. The topological polar surface area (TPSA) is 15.6 Å². The van der Waals surface area contributed by atoms with Gasteiger partial charge >= 0.3 is 0 Å². The van der Waals surface area contributed by atoms with Gasteiger partial charge in [-0.3, -0.25) is 4.99 Å². The first-order valence-corrected chi connectivity index (χ1v) is 6.73. The molecule has 1 aromatic rings. The first-order chi connectivity index (χ1) is 8.11. The van der Waals surface area contributed by atoms with Gasteiger partial charge in [-0.2, -0.15) is 0 Å². The fourth-order valence-corrected chi connectivity index (χ4v) is 1.65. The van der Waals surface area contributed by atoms with Gasteiger partial charge in [-0.05, 0) is 41.5 Å². The lowest BCUT2D eigenvalue weighted by atomic mass is 10.1. The van der Waals surface area contributed by atoms with Gasteiger partial charge in [0.1, 0.15) is 5.84 Å². The quantitative estimate of drug-likeness (QED) is 0.429. The second-order valence-corrected chi connectivity index (χ2v) is 6.93. The van der Waals surface area contributed by atoms with Crippen molar-refractivity contribution in [1.29, 1.82) is 0 Å². The average molecular weight is 259 g/mol. The summed E-state index contributed by atoms with van der Waals surface area (Å²) in [6.45, 7) is 12.8. The Kier molecular flexibility index (Phi) is 4.38. The minimum atomic E-state index is -0.110. The molecule has 3 heteroatoms. The van der Waals surface area contributed by atoms with E-state index >= 15 is 0 Å². The molecule has 1 rings (SSSR count). The van der Waals surface area contributed by atoms with E-state index in [1.807, 2.05) is 22.8 Å². The molecule has 0 saturated heterocycles. The first kappa shape index (κ1) is 15.0. The van der Waals surface area contributed by atoms with Gasteiger partial charge in [0.05, 0.1) is 5.54 Å². The molecule has 0 saturated carbocycles. The average Bonchev–Trinajstić information content (AvgIpc) is 2.24. The van der Waals surface area contributed by atoms with Crippen LogP contribution in [-0.4, -0.2) is 31.9 Å². The normalized spacial score (nSPS) is 13.6. The lowest BCUT2D eigenvalue weighted by Crippen LogP contribution is -2.45. The highest BCUT2D eigenvalue weighted by Crippen LogP contribution is 2.18. The van der Waals surface area contributed by atoms with Gasteiger partial charge in [0.25, 0.3) is 0 Å². The predicted molar refractivity (Wildman–Crippen MR) is 80.1 cm³/mol. The van der Waals surface area contributed by atoms with Crippen LogP contribution in [-0.2, 0) is 0 Å². The number of nitrogens with zero attached hydrogens (tertiary/aromatic N) is 2. The van der Waals surface area contributed by atoms with Crippen molar-refractivity contribution in [3.8, 4) is 0 Å². The molecular formula is C15H23N2Si. The molecule has 97 valence electrons. The maximum Gasteiger partial charge on any atom is 0.191 e. The molecule has 0 aliphatic heterocycles. The maximum absolute atomic E-state index is 4.84. The molecule has 2 nitrogen and oxygen atoms in total. The molecule has 0 aliphatic rings. The predicted octanol–water partition coefficient (Wildman–Crippen LogP) is 3.42. The first-order valence-electron chi connectivity index (χ1n) is 6.28. The molecular weight excluding hydrogens is 236 g/mol. The summed E-state index contributed by atoms with van der Waals surface area (Å²) in [7, 11) is 3.71. The molecule has 3 radical (unpaired) electrons. The summed E-state index contributed by atoms with van der Waals surface area (Å²) in [5, 5.41) is 0. The second kappa shape index (κ2) is 5.27. The van der Waals surface area contributed by atoms with E-state index in [1.165, 1.54) is 0 Å². The largest absolute Gasteiger partial charge is 0.380 e. The highest BCUT2D eigenvalue weighted by molar-refractivity contribution is 6.20. The second-order valence-electron chi connectivity index (χ2n) is 6.48. The van der Waals surface area contributed by atoms with Crippen LogP contribution in [0.25, 0.3) is 0 Å². The van der Waals surface area contributed by atoms with Crippen LogP contribution in [0.1, 0.15) is 47.1 Å². The van der Waals surface area contributed by atoms with Crippen molar-refractivity contribution in [3.05, 3.63) is 35.9 Å². The Balaban J connectivity index is 3.25. The zero-order chi connectivity index (χ0) is 14.0. The number of amidine groups is 1. The van der Waals surface area contributed by atoms with Crippen LogP contribution in [0.4, 0.5) is 0 Å². The molecule has 0 aromatic heterocycles. The highest BCUT2D eigenvalue weighted by atomic mass is 28.2. The van der Waals surface area contributed by atoms with Crippen molar-refractivity contribution < 1.29 is 0 Å². The Morgan fingerprint density at radius 1 is 1.00 bits per heavy atom. The fraction of sp³-hybridized carbons (Fsp3) is 0.533. The molecule has 18 heavy (non-hydrogen) atoms. The lowest BCUT2D eigenvalue weighted by Gasteiger charge is -2.36. The van der Waals surface area contributed by atoms with E-state index < -0.39 is 0 Å². The molecule has 1 aromatic carbocycles. The van der Waals surface area contributed by atoms with Gasteiger partial charge < -0.3 is 4.57 Å². The number of rotatable bonds is 1. The van der Waals surface area contributed by atoms with Crippen LogP contribution in [0.3, 0.4) is 0 Å². The smallest absolute Gasteiger partial charge is 0.191 e. The molecule has 0 fully saturated rings. The van der Waals surface area contributed by atoms with Crippen LogP contribution in [0.2, 0.25) is 0 Å². The Morgan fingerprint density at radius 2 is 1.50 bits per heavy atom. The van der Waals surface area contributed by atoms with E-state index in [-0.39, 0.29) is 11.1 Å². The third-order valence-electron chi connectivity index (χ3n) is 2.36. The van der Waals surface area contributed by atoms with Crippen LogP contribution in [0.15, 0.2) is 35.3 Å². The molecule has 0 unspecified atom stereocenters. The van der Waals surface area contributed by atoms with Gasteiger partial charge in [0, 0.05) is 11.1 Å². The number of hydrogen-bond donors (Lipinski definition) is 0. The van der Waals surface area contributed by atoms with Crippen LogP contribution >= 0.6 is 0 Å². The van der Waals surface area contributed by atoms with Crippen molar-refractivity contribution >= 4 is 16.2 Å². The Labute approximate surface area is 115 Å². The summed E-state index contributed by atoms with van der Waals surface area (Å²) in [5.41, 5.74) is 0.982. The molecule has 0 aliphatic carbocycles. The van der Waals surface area contributed by atoms with E-state index in [4.69, 9.17) is 4.99 Å². The summed E-state index contributed by atoms with van der Waals surface area (Å²) in [5.74, 6) is 0.965. The molecule has 0 heterocycles. The molecule has 0 atom stereocenters. The van der Waals surface area contributed by atoms with E-state index in [9.17, 15) is 0 Å². The summed E-state index contributed by atoms with van der Waals surface area (Å²) in [6, 6.07) is 10.3. The number of aliphatic imine (C=N–C) groups is 1. The van der Waals surface area contributed by atoms with Gasteiger partial charge in [0.2, 0.25) is 0 Å². The monoisotopic (exact) mass is 259 g/mol. The van der Waals surface area contributed by atoms with Gasteiger partial charge in [-0.1, -0.05) is 30.3 Å².